The molecule has 2 aromatic carbocycles. The predicted molar refractivity (Wildman–Crippen MR) is 138 cm³/mol. The fraction of sp³-hybridized carbons (Fsp3) is 0.385. The van der Waals surface area contributed by atoms with Gasteiger partial charge >= 0.3 is 9.28 Å². The molecular weight excluding hydrogens is 464 g/mol. The van der Waals surface area contributed by atoms with Crippen molar-refractivity contribution in [2.45, 2.75) is 65.3 Å². The van der Waals surface area contributed by atoms with Crippen LogP contribution in [0.4, 0.5) is 0 Å². The summed E-state index contributed by atoms with van der Waals surface area (Å²) < 4.78 is 13.2. The normalized spacial score (nSPS) is 14.5. The van der Waals surface area contributed by atoms with Crippen molar-refractivity contribution in [3.05, 3.63) is 71.8 Å². The Kier molecular flexibility index (Phi) is 11.7. The minimum absolute atomic E-state index is 0. The highest BCUT2D eigenvalue weighted by molar-refractivity contribution is 6.52. The first kappa shape index (κ1) is 27.5. The molecule has 1 aliphatic rings. The Balaban J connectivity index is 0.00000408. The van der Waals surface area contributed by atoms with Crippen LogP contribution in [0.5, 0.6) is 0 Å². The average molecular weight is 497 g/mol. The van der Waals surface area contributed by atoms with E-state index in [1.165, 1.54) is 19.3 Å². The zero-order valence-electron chi connectivity index (χ0n) is 20.4. The Morgan fingerprint density at radius 3 is 1.44 bits per heavy atom. The molecule has 2 aromatic rings. The minimum Gasteiger partial charge on any atom is -1.00 e. The zero-order valence-corrected chi connectivity index (χ0v) is 22.1. The number of benzene rings is 2. The SMILES string of the molecule is CC(C)=N/N=C(/O[Si+](O/C(=N/N=C(C)C)c1ccccc1)C1CCCCC1)c1ccccc1.[Cl-]. The van der Waals surface area contributed by atoms with E-state index in [0.717, 1.165) is 35.4 Å². The molecule has 0 aliphatic heterocycles. The number of hydrogen-bond acceptors (Lipinski definition) is 6. The van der Waals surface area contributed by atoms with Gasteiger partial charge in [0.25, 0.3) is 11.8 Å². The molecule has 0 saturated heterocycles. The van der Waals surface area contributed by atoms with E-state index in [2.05, 4.69) is 20.4 Å². The van der Waals surface area contributed by atoms with E-state index in [-0.39, 0.29) is 12.4 Å². The van der Waals surface area contributed by atoms with E-state index in [4.69, 9.17) is 8.85 Å². The lowest BCUT2D eigenvalue weighted by atomic mass is 10.0. The van der Waals surface area contributed by atoms with Gasteiger partial charge in [-0.3, -0.25) is 8.85 Å². The first-order chi connectivity index (χ1) is 16.0. The van der Waals surface area contributed by atoms with E-state index in [0.29, 0.717) is 17.3 Å². The van der Waals surface area contributed by atoms with Crippen molar-refractivity contribution in [1.29, 1.82) is 0 Å². The number of halogens is 1. The summed E-state index contributed by atoms with van der Waals surface area (Å²) >= 11 is 0. The second kappa shape index (κ2) is 14.5. The van der Waals surface area contributed by atoms with Crippen LogP contribution >= 0.6 is 0 Å². The summed E-state index contributed by atoms with van der Waals surface area (Å²) in [5.74, 6) is 0.970. The van der Waals surface area contributed by atoms with Crippen LogP contribution in [0.3, 0.4) is 0 Å². The van der Waals surface area contributed by atoms with Crippen molar-refractivity contribution in [3.63, 3.8) is 0 Å². The van der Waals surface area contributed by atoms with Gasteiger partial charge in [0, 0.05) is 22.6 Å². The van der Waals surface area contributed by atoms with Gasteiger partial charge in [0.15, 0.2) is 0 Å². The third-order valence-electron chi connectivity index (χ3n) is 5.06. The number of hydrogen-bond donors (Lipinski definition) is 0. The van der Waals surface area contributed by atoms with Gasteiger partial charge < -0.3 is 12.4 Å². The van der Waals surface area contributed by atoms with Crippen molar-refractivity contribution in [3.8, 4) is 0 Å². The molecule has 34 heavy (non-hydrogen) atoms. The maximum atomic E-state index is 6.58. The molecule has 0 N–H and O–H groups in total. The molecule has 0 unspecified atom stereocenters. The van der Waals surface area contributed by atoms with Crippen LogP contribution in [-0.4, -0.2) is 32.5 Å². The summed E-state index contributed by atoms with van der Waals surface area (Å²) in [5, 5.41) is 17.5. The highest BCUT2D eigenvalue weighted by Gasteiger charge is 2.50. The van der Waals surface area contributed by atoms with Crippen molar-refractivity contribution in [1.82, 2.24) is 0 Å². The van der Waals surface area contributed by atoms with Crippen LogP contribution in [0.2, 0.25) is 5.54 Å². The molecule has 180 valence electrons. The van der Waals surface area contributed by atoms with Crippen LogP contribution in [0.1, 0.15) is 70.9 Å². The van der Waals surface area contributed by atoms with Gasteiger partial charge in [0.05, 0.1) is 0 Å². The molecule has 1 aliphatic carbocycles. The fourth-order valence-electron chi connectivity index (χ4n) is 3.44. The van der Waals surface area contributed by atoms with Gasteiger partial charge in [-0.2, -0.15) is 10.2 Å². The third-order valence-corrected chi connectivity index (χ3v) is 7.09. The number of rotatable bonds is 7. The van der Waals surface area contributed by atoms with E-state index < -0.39 is 9.28 Å². The average Bonchev–Trinajstić information content (AvgIpc) is 2.84. The highest BCUT2D eigenvalue weighted by Crippen LogP contribution is 2.33. The topological polar surface area (TPSA) is 67.9 Å². The number of nitrogens with zero attached hydrogens (tertiary/aromatic N) is 4. The van der Waals surface area contributed by atoms with Crippen LogP contribution in [0, 0.1) is 0 Å². The summed E-state index contributed by atoms with van der Waals surface area (Å²) in [5.41, 5.74) is 3.80. The van der Waals surface area contributed by atoms with Gasteiger partial charge in [0.2, 0.25) is 0 Å². The molecule has 6 nitrogen and oxygen atoms in total. The predicted octanol–water partition coefficient (Wildman–Crippen LogP) is 3.53. The minimum atomic E-state index is -1.83. The molecule has 0 heterocycles. The van der Waals surface area contributed by atoms with Crippen molar-refractivity contribution >= 4 is 32.5 Å². The van der Waals surface area contributed by atoms with Crippen LogP contribution < -0.4 is 12.4 Å². The van der Waals surface area contributed by atoms with Crippen molar-refractivity contribution in [2.75, 3.05) is 0 Å². The molecule has 0 aromatic heterocycles. The van der Waals surface area contributed by atoms with Crippen molar-refractivity contribution < 1.29 is 21.3 Å². The fourth-order valence-corrected chi connectivity index (χ4v) is 5.40. The zero-order chi connectivity index (χ0) is 23.5. The standard InChI is InChI=1S/C26H33N4O2Si.ClH/c1-20(2)27-29-25(22-14-8-5-9-15-22)31-33(24-18-12-7-13-19-24)32-26(30-28-21(3)4)23-16-10-6-11-17-23;/h5-6,8-11,14-17,24H,7,12-13,18-19H2,1-4H3;1H/q+1;/p-1/b29-25+,30-26+;. The Bertz CT molecular complexity index is 922. The smallest absolute Gasteiger partial charge is 0.786 e. The van der Waals surface area contributed by atoms with E-state index >= 15 is 0 Å². The summed E-state index contributed by atoms with van der Waals surface area (Å²) in [6.07, 6.45) is 5.76. The summed E-state index contributed by atoms with van der Waals surface area (Å²) in [7, 11) is -1.83. The Morgan fingerprint density at radius 1 is 0.647 bits per heavy atom. The van der Waals surface area contributed by atoms with E-state index in [1.807, 2.05) is 88.4 Å². The van der Waals surface area contributed by atoms with E-state index in [9.17, 15) is 0 Å². The van der Waals surface area contributed by atoms with Gasteiger partial charge in [-0.1, -0.05) is 55.7 Å². The van der Waals surface area contributed by atoms with Crippen LogP contribution in [0.25, 0.3) is 0 Å². The Morgan fingerprint density at radius 2 is 1.06 bits per heavy atom. The lowest BCUT2D eigenvalue weighted by Crippen LogP contribution is -3.00. The molecule has 1 saturated carbocycles. The molecule has 8 heteroatoms. The van der Waals surface area contributed by atoms with E-state index in [1.54, 1.807) is 0 Å². The molecule has 0 amide bonds. The monoisotopic (exact) mass is 496 g/mol. The maximum Gasteiger partial charge on any atom is 0.786 e. The molecule has 3 rings (SSSR count). The van der Waals surface area contributed by atoms with Gasteiger partial charge in [0.1, 0.15) is 5.54 Å². The first-order valence-corrected chi connectivity index (χ1v) is 12.9. The van der Waals surface area contributed by atoms with Crippen LogP contribution in [-0.2, 0) is 8.85 Å². The quantitative estimate of drug-likeness (QED) is 0.255. The largest absolute Gasteiger partial charge is 1.00 e. The first-order valence-electron chi connectivity index (χ1n) is 11.5. The Labute approximate surface area is 211 Å². The second-order valence-corrected chi connectivity index (χ2v) is 10.4. The maximum absolute atomic E-state index is 6.58. The summed E-state index contributed by atoms with van der Waals surface area (Å²) in [6, 6.07) is 19.8. The second-order valence-electron chi connectivity index (χ2n) is 8.49. The molecule has 0 radical (unpaired) electrons. The van der Waals surface area contributed by atoms with Gasteiger partial charge in [-0.15, -0.1) is 10.2 Å². The lowest BCUT2D eigenvalue weighted by molar-refractivity contribution is -0.00000883. The molecule has 0 bridgehead atoms. The van der Waals surface area contributed by atoms with Crippen LogP contribution in [0.15, 0.2) is 81.1 Å². The molecule has 1 fully saturated rings. The summed E-state index contributed by atoms with van der Waals surface area (Å²) in [6.45, 7) is 7.67. The molecule has 0 atom stereocenters. The Hall–Kier alpha value is -2.77. The van der Waals surface area contributed by atoms with Crippen molar-refractivity contribution in [2.24, 2.45) is 20.4 Å². The molecular formula is C26H33ClN4O2Si. The summed E-state index contributed by atoms with van der Waals surface area (Å²) in [4.78, 5) is 0. The molecule has 0 spiro atoms. The third kappa shape index (κ3) is 8.87. The van der Waals surface area contributed by atoms with Gasteiger partial charge in [-0.25, -0.2) is 0 Å². The van der Waals surface area contributed by atoms with Gasteiger partial charge in [-0.05, 0) is 64.8 Å². The lowest BCUT2D eigenvalue weighted by Gasteiger charge is -2.17. The highest BCUT2D eigenvalue weighted by atomic mass is 35.5.